The molecule has 2 aromatic carbocycles. The molecule has 6 rings (SSSR count). The molecule has 0 saturated heterocycles. The van der Waals surface area contributed by atoms with Crippen molar-refractivity contribution in [1.82, 2.24) is 14.8 Å². The second-order valence-electron chi connectivity index (χ2n) is 11.9. The van der Waals surface area contributed by atoms with E-state index in [2.05, 4.69) is 57.7 Å². The number of benzene rings is 2. The summed E-state index contributed by atoms with van der Waals surface area (Å²) in [4.78, 5) is 33.6. The molecule has 1 aromatic heterocycles. The molecule has 0 spiro atoms. The zero-order chi connectivity index (χ0) is 27.7. The number of carbonyl (C=O) groups is 2. The van der Waals surface area contributed by atoms with Gasteiger partial charge in [-0.05, 0) is 66.8 Å². The molecule has 0 fully saturated rings. The number of hydrogen-bond donors (Lipinski definition) is 2. The quantitative estimate of drug-likeness (QED) is 0.401. The highest BCUT2D eigenvalue weighted by atomic mass is 16.2. The van der Waals surface area contributed by atoms with Gasteiger partial charge in [-0.25, -0.2) is 9.67 Å². The minimum Gasteiger partial charge on any atom is -0.357 e. The number of allylic oxidation sites excluding steroid dienone is 3. The summed E-state index contributed by atoms with van der Waals surface area (Å²) >= 11 is 0. The fourth-order valence-electron chi connectivity index (χ4n) is 6.42. The Labute approximate surface area is 235 Å². The first kappa shape index (κ1) is 26.0. The Morgan fingerprint density at radius 2 is 1.93 bits per heavy atom. The van der Waals surface area contributed by atoms with Crippen LogP contribution in [0.2, 0.25) is 0 Å². The largest absolute Gasteiger partial charge is 0.357 e. The van der Waals surface area contributed by atoms with E-state index in [-0.39, 0.29) is 35.6 Å². The third-order valence-electron chi connectivity index (χ3n) is 8.17. The van der Waals surface area contributed by atoms with Crippen LogP contribution < -0.4 is 15.5 Å². The number of carbonyl (C=O) groups excluding carboxylic acids is 2. The van der Waals surface area contributed by atoms with Crippen molar-refractivity contribution in [2.75, 3.05) is 22.1 Å². The van der Waals surface area contributed by atoms with E-state index in [1.807, 2.05) is 42.5 Å². The average Bonchev–Trinajstić information content (AvgIpc) is 3.40. The van der Waals surface area contributed by atoms with E-state index < -0.39 is 0 Å². The molecule has 3 aliphatic rings. The molecule has 8 heteroatoms. The first-order chi connectivity index (χ1) is 19.4. The van der Waals surface area contributed by atoms with Gasteiger partial charge in [-0.2, -0.15) is 5.10 Å². The van der Waals surface area contributed by atoms with Crippen LogP contribution in [0.4, 0.5) is 17.1 Å². The summed E-state index contributed by atoms with van der Waals surface area (Å²) in [6.07, 6.45) is 11.8. The second kappa shape index (κ2) is 10.8. The summed E-state index contributed by atoms with van der Waals surface area (Å²) < 4.78 is 1.76. The highest BCUT2D eigenvalue weighted by molar-refractivity contribution is 6.02. The minimum atomic E-state index is -0.171. The van der Waals surface area contributed by atoms with Gasteiger partial charge in [0.25, 0.3) is 0 Å². The van der Waals surface area contributed by atoms with Crippen LogP contribution >= 0.6 is 0 Å². The molecule has 2 heterocycles. The first-order valence-corrected chi connectivity index (χ1v) is 14.1. The lowest BCUT2D eigenvalue weighted by Crippen LogP contribution is -2.49. The molecule has 1 aliphatic heterocycles. The van der Waals surface area contributed by atoms with Crippen LogP contribution in [0, 0.1) is 11.3 Å². The van der Waals surface area contributed by atoms with Crippen molar-refractivity contribution in [3.63, 3.8) is 0 Å². The Morgan fingerprint density at radius 1 is 1.10 bits per heavy atom. The van der Waals surface area contributed by atoms with Gasteiger partial charge in [-0.15, -0.1) is 0 Å². The van der Waals surface area contributed by atoms with Crippen LogP contribution in [0.25, 0.3) is 0 Å². The predicted molar refractivity (Wildman–Crippen MR) is 157 cm³/mol. The second-order valence-corrected chi connectivity index (χ2v) is 11.9. The molecule has 3 aromatic rings. The van der Waals surface area contributed by atoms with Crippen LogP contribution in [-0.4, -0.2) is 39.0 Å². The molecule has 0 saturated carbocycles. The third-order valence-corrected chi connectivity index (χ3v) is 8.17. The molecular weight excluding hydrogens is 500 g/mol. The normalized spacial score (nSPS) is 21.8. The summed E-state index contributed by atoms with van der Waals surface area (Å²) in [5.74, 6) is 0.333. The molecule has 2 atom stereocenters. The maximum Gasteiger partial charge on any atom is 0.243 e. The Balaban J connectivity index is 1.31. The number of nitrogens with one attached hydrogen (secondary N) is 2. The van der Waals surface area contributed by atoms with Crippen molar-refractivity contribution < 1.29 is 9.59 Å². The van der Waals surface area contributed by atoms with Gasteiger partial charge in [-0.1, -0.05) is 50.3 Å². The van der Waals surface area contributed by atoms with E-state index in [9.17, 15) is 9.59 Å². The van der Waals surface area contributed by atoms with Gasteiger partial charge in [0.15, 0.2) is 5.78 Å². The van der Waals surface area contributed by atoms with Crippen molar-refractivity contribution >= 4 is 28.8 Å². The molecule has 40 heavy (non-hydrogen) atoms. The molecule has 2 N–H and O–H groups in total. The maximum absolute atomic E-state index is 13.8. The highest BCUT2D eigenvalue weighted by Gasteiger charge is 2.43. The van der Waals surface area contributed by atoms with Gasteiger partial charge in [-0.3, -0.25) is 9.59 Å². The van der Waals surface area contributed by atoms with Crippen molar-refractivity contribution in [2.45, 2.75) is 58.5 Å². The molecule has 0 radical (unpaired) electrons. The summed E-state index contributed by atoms with van der Waals surface area (Å²) in [7, 11) is 0. The molecule has 2 aliphatic carbocycles. The minimum absolute atomic E-state index is 0.109. The summed E-state index contributed by atoms with van der Waals surface area (Å²) in [5, 5.41) is 10.9. The van der Waals surface area contributed by atoms with Gasteiger partial charge in [0.05, 0.1) is 30.5 Å². The van der Waals surface area contributed by atoms with E-state index in [1.165, 1.54) is 6.33 Å². The topological polar surface area (TPSA) is 92.2 Å². The van der Waals surface area contributed by atoms with Gasteiger partial charge in [0.2, 0.25) is 5.91 Å². The van der Waals surface area contributed by atoms with E-state index in [0.717, 1.165) is 59.6 Å². The number of para-hydroxylation sites is 2. The number of amides is 1. The zero-order valence-electron chi connectivity index (χ0n) is 23.1. The molecular formula is C32H36N6O2. The fraction of sp³-hybridized carbons (Fsp3) is 0.375. The van der Waals surface area contributed by atoms with Crippen LogP contribution in [0.5, 0.6) is 0 Å². The Morgan fingerprint density at radius 3 is 2.67 bits per heavy atom. The van der Waals surface area contributed by atoms with Gasteiger partial charge in [0.1, 0.15) is 12.7 Å². The van der Waals surface area contributed by atoms with Crippen LogP contribution in [0.3, 0.4) is 0 Å². The number of Topliss-reactive ketones (excluding diaryl/α,β-unsaturated/α-hetero) is 1. The van der Waals surface area contributed by atoms with Gasteiger partial charge in [0, 0.05) is 23.4 Å². The standard InChI is InChI=1S/C32H36N6O2/c1-32(2)16-26-30(28(39)17-32)31(23-8-4-3-5-9-23)38(27-11-7-6-10-25(27)36-26)19-29(40)35-24-14-12-22(13-15-24)18-37-21-33-20-34-37/h3-4,6-7,10-15,20-21,23,31,36H,5,8-9,16-19H2,1-2H3,(H,35,40). The lowest BCUT2D eigenvalue weighted by molar-refractivity contribution is -0.119. The van der Waals surface area contributed by atoms with E-state index in [1.54, 1.807) is 11.0 Å². The first-order valence-electron chi connectivity index (χ1n) is 14.1. The molecule has 8 nitrogen and oxygen atoms in total. The van der Waals surface area contributed by atoms with Crippen molar-refractivity contribution in [2.24, 2.45) is 11.3 Å². The number of aromatic nitrogens is 3. The van der Waals surface area contributed by atoms with Crippen molar-refractivity contribution in [3.05, 3.63) is 90.2 Å². The van der Waals surface area contributed by atoms with Crippen molar-refractivity contribution in [1.29, 1.82) is 0 Å². The average molecular weight is 537 g/mol. The molecule has 0 bridgehead atoms. The van der Waals surface area contributed by atoms with Crippen LogP contribution in [-0.2, 0) is 16.1 Å². The van der Waals surface area contributed by atoms with Crippen LogP contribution in [0.1, 0.15) is 51.5 Å². The zero-order valence-corrected chi connectivity index (χ0v) is 23.1. The number of nitrogens with zero attached hydrogens (tertiary/aromatic N) is 4. The summed E-state index contributed by atoms with van der Waals surface area (Å²) in [5.41, 5.74) is 5.47. The SMILES string of the molecule is CC1(C)CC(=O)C2=C(C1)Nc1ccccc1N(CC(=O)Nc1ccc(Cn3cncn3)cc1)C2C1CC=CCC1. The lowest BCUT2D eigenvalue weighted by Gasteiger charge is -2.41. The maximum atomic E-state index is 13.8. The monoisotopic (exact) mass is 536 g/mol. The lowest BCUT2D eigenvalue weighted by atomic mass is 9.71. The smallest absolute Gasteiger partial charge is 0.243 e. The Kier molecular flexibility index (Phi) is 7.00. The Hall–Kier alpha value is -4.20. The van der Waals surface area contributed by atoms with E-state index in [4.69, 9.17) is 0 Å². The van der Waals surface area contributed by atoms with E-state index >= 15 is 0 Å². The molecule has 206 valence electrons. The number of hydrogen-bond acceptors (Lipinski definition) is 6. The van der Waals surface area contributed by atoms with Crippen molar-refractivity contribution in [3.8, 4) is 0 Å². The number of ketones is 1. The summed E-state index contributed by atoms with van der Waals surface area (Å²) in [6, 6.07) is 15.8. The number of anilines is 3. The summed E-state index contributed by atoms with van der Waals surface area (Å²) in [6.45, 7) is 5.09. The fourth-order valence-corrected chi connectivity index (χ4v) is 6.42. The van der Waals surface area contributed by atoms with Gasteiger partial charge < -0.3 is 15.5 Å². The third kappa shape index (κ3) is 5.43. The predicted octanol–water partition coefficient (Wildman–Crippen LogP) is 5.57. The number of rotatable bonds is 6. The van der Waals surface area contributed by atoms with Gasteiger partial charge >= 0.3 is 0 Å². The highest BCUT2D eigenvalue weighted by Crippen LogP contribution is 2.46. The Bertz CT molecular complexity index is 1450. The van der Waals surface area contributed by atoms with E-state index in [0.29, 0.717) is 13.0 Å². The number of fused-ring (bicyclic) bond motifs is 1. The molecule has 2 unspecified atom stereocenters. The van der Waals surface area contributed by atoms with Crippen LogP contribution in [0.15, 0.2) is 84.6 Å². The molecule has 1 amide bonds.